The van der Waals surface area contributed by atoms with Crippen molar-refractivity contribution in [2.24, 2.45) is 0 Å². The highest BCUT2D eigenvalue weighted by molar-refractivity contribution is 6.24. The van der Waals surface area contributed by atoms with Gasteiger partial charge in [-0.1, -0.05) is 56.9 Å². The van der Waals surface area contributed by atoms with Gasteiger partial charge in [-0.05, 0) is 75.4 Å². The number of amides is 5. The molecule has 0 saturated carbocycles. The van der Waals surface area contributed by atoms with Gasteiger partial charge in [-0.3, -0.25) is 34.2 Å². The lowest BCUT2D eigenvalue weighted by molar-refractivity contribution is -0.136. The number of rotatable bonds is 20. The number of ether oxygens (including phenoxy) is 1. The molecule has 1 fully saturated rings. The molecule has 5 amide bonds. The number of aromatic nitrogens is 5. The molecule has 5 N–H and O–H groups in total. The summed E-state index contributed by atoms with van der Waals surface area (Å²) in [6.45, 7) is 6.91. The Morgan fingerprint density at radius 3 is 2.50 bits per heavy atom. The van der Waals surface area contributed by atoms with Gasteiger partial charge in [0.2, 0.25) is 23.7 Å². The summed E-state index contributed by atoms with van der Waals surface area (Å²) in [7, 11) is 0. The molecule has 5 aromatic rings. The molecule has 3 aromatic heterocycles. The van der Waals surface area contributed by atoms with Gasteiger partial charge in [-0.2, -0.15) is 9.97 Å². The van der Waals surface area contributed by atoms with Gasteiger partial charge in [-0.15, -0.1) is 0 Å². The van der Waals surface area contributed by atoms with Gasteiger partial charge in [-0.25, -0.2) is 9.97 Å². The monoisotopic (exact) mass is 844 g/mol. The van der Waals surface area contributed by atoms with E-state index in [-0.39, 0.29) is 35.9 Å². The van der Waals surface area contributed by atoms with Crippen LogP contribution in [0.3, 0.4) is 0 Å². The molecule has 5 heterocycles. The van der Waals surface area contributed by atoms with Crippen molar-refractivity contribution in [3.05, 3.63) is 89.4 Å². The van der Waals surface area contributed by atoms with Crippen LogP contribution >= 0.6 is 0 Å². The van der Waals surface area contributed by atoms with E-state index < -0.39 is 35.8 Å². The third-order valence-electron chi connectivity index (χ3n) is 10.9. The molecule has 0 aliphatic carbocycles. The Hall–Kier alpha value is -6.75. The second-order valence-electron chi connectivity index (χ2n) is 15.8. The minimum atomic E-state index is -1.03. The number of imidazole rings is 1. The number of hydrogen-bond acceptors (Lipinski definition) is 13. The zero-order valence-corrected chi connectivity index (χ0v) is 35.1. The fourth-order valence-electron chi connectivity index (χ4n) is 7.62. The van der Waals surface area contributed by atoms with Gasteiger partial charge in [0.05, 0.1) is 30.2 Å². The van der Waals surface area contributed by atoms with Crippen molar-refractivity contribution in [2.45, 2.75) is 110 Å². The second-order valence-corrected chi connectivity index (χ2v) is 15.8. The number of carbonyl (C=O) groups excluding carboxylic acids is 5. The Kier molecular flexibility index (Phi) is 13.8. The quantitative estimate of drug-likeness (QED) is 0.0405. The minimum Gasteiger partial charge on any atom is -0.493 e. The van der Waals surface area contributed by atoms with Crippen LogP contribution in [0.1, 0.15) is 129 Å². The fourth-order valence-corrected chi connectivity index (χ4v) is 7.62. The maximum atomic E-state index is 13.3. The molecule has 2 aliphatic rings. The molecule has 0 spiro atoms. The van der Waals surface area contributed by atoms with Crippen molar-refractivity contribution in [1.82, 2.24) is 34.7 Å². The molecule has 0 radical (unpaired) electrons. The molecule has 324 valence electrons. The Labute approximate surface area is 359 Å². The summed E-state index contributed by atoms with van der Waals surface area (Å²) < 4.78 is 7.90. The van der Waals surface area contributed by atoms with Crippen LogP contribution in [0.5, 0.6) is 5.75 Å². The molecule has 17 nitrogen and oxygen atoms in total. The summed E-state index contributed by atoms with van der Waals surface area (Å²) in [5.74, 6) is -0.658. The van der Waals surface area contributed by atoms with Gasteiger partial charge in [0.1, 0.15) is 17.6 Å². The SMILES string of the molecule is CCC[C@@H](O)c1cccnc1Nc1nc(NCc2ccc(NC(=O)CCCCCCCOc3cccc4c3C(=O)N(C3CCC(=O)NC3=O)C4=O)cc2)c2ncn(C(C)C)c2n1. The summed E-state index contributed by atoms with van der Waals surface area (Å²) in [5, 5.41) is 22.6. The fraction of sp³-hybridized carbons (Fsp3) is 0.400. The van der Waals surface area contributed by atoms with Crippen LogP contribution in [0.4, 0.5) is 23.3 Å². The Bertz CT molecular complexity index is 2450. The van der Waals surface area contributed by atoms with Crippen molar-refractivity contribution < 1.29 is 33.8 Å². The van der Waals surface area contributed by atoms with Crippen molar-refractivity contribution in [2.75, 3.05) is 22.6 Å². The van der Waals surface area contributed by atoms with Crippen molar-refractivity contribution in [1.29, 1.82) is 0 Å². The summed E-state index contributed by atoms with van der Waals surface area (Å²) in [6.07, 6.45) is 8.74. The van der Waals surface area contributed by atoms with E-state index in [2.05, 4.69) is 45.1 Å². The number of aliphatic hydroxyl groups excluding tert-OH is 1. The summed E-state index contributed by atoms with van der Waals surface area (Å²) in [6, 6.07) is 15.2. The van der Waals surface area contributed by atoms with Crippen LogP contribution in [0.15, 0.2) is 67.1 Å². The third kappa shape index (κ3) is 9.89. The first-order chi connectivity index (χ1) is 30.0. The molecule has 2 aromatic carbocycles. The van der Waals surface area contributed by atoms with Crippen LogP contribution in [0, 0.1) is 0 Å². The van der Waals surface area contributed by atoms with E-state index in [0.717, 1.165) is 42.6 Å². The van der Waals surface area contributed by atoms with Crippen molar-refractivity contribution in [3.8, 4) is 5.75 Å². The van der Waals surface area contributed by atoms with Gasteiger partial charge >= 0.3 is 0 Å². The van der Waals surface area contributed by atoms with E-state index in [4.69, 9.17) is 14.7 Å². The molecule has 62 heavy (non-hydrogen) atoms. The molecule has 1 saturated heterocycles. The van der Waals surface area contributed by atoms with Crippen LogP contribution in [0.2, 0.25) is 0 Å². The van der Waals surface area contributed by atoms with E-state index in [0.29, 0.717) is 78.2 Å². The number of nitrogens with zero attached hydrogens (tertiary/aromatic N) is 6. The van der Waals surface area contributed by atoms with E-state index in [1.807, 2.05) is 41.8 Å². The maximum Gasteiger partial charge on any atom is 0.266 e. The van der Waals surface area contributed by atoms with Crippen LogP contribution < -0.4 is 26.0 Å². The molecule has 17 heteroatoms. The minimum absolute atomic E-state index is 0.0529. The number of pyridine rings is 1. The number of aliphatic hydroxyl groups is 1. The average Bonchev–Trinajstić information content (AvgIpc) is 3.80. The molecule has 2 aliphatic heterocycles. The smallest absolute Gasteiger partial charge is 0.266 e. The van der Waals surface area contributed by atoms with E-state index in [9.17, 15) is 29.1 Å². The zero-order valence-electron chi connectivity index (χ0n) is 35.1. The highest BCUT2D eigenvalue weighted by Gasteiger charge is 2.46. The number of nitrogens with one attached hydrogen (secondary N) is 4. The molecule has 0 bridgehead atoms. The number of benzene rings is 2. The molecule has 1 unspecified atom stereocenters. The number of anilines is 4. The highest BCUT2D eigenvalue weighted by Crippen LogP contribution is 2.34. The normalized spacial score (nSPS) is 15.5. The molecular formula is C45H52N10O7. The van der Waals surface area contributed by atoms with Crippen molar-refractivity contribution >= 4 is 64.0 Å². The average molecular weight is 845 g/mol. The molecular weight excluding hydrogens is 793 g/mol. The van der Waals surface area contributed by atoms with Gasteiger partial charge < -0.3 is 30.4 Å². The standard InChI is InChI=1S/C45H52N10O7/c1-4-12-33(56)30-14-11-23-46-39(30)51-45-52-40(38-41(53-45)54(26-48-38)27(2)3)47-25-28-17-19-29(20-18-28)49-35(57)16-8-6-5-7-9-24-62-34-15-10-13-31-37(34)44(61)55(43(31)60)32-21-22-36(58)50-42(32)59/h10-11,13-15,17-20,23,26-27,32-33,56H,4-9,12,16,21-22,24-25H2,1-3H3,(H,49,57)(H,50,58,59)(H2,46,47,51,52,53)/t32?,33-/m1/s1. The van der Waals surface area contributed by atoms with Gasteiger partial charge in [0.25, 0.3) is 11.8 Å². The number of piperidine rings is 1. The summed E-state index contributed by atoms with van der Waals surface area (Å²) in [5.41, 5.74) is 3.95. The number of carbonyl (C=O) groups is 5. The lowest BCUT2D eigenvalue weighted by atomic mass is 10.0. The van der Waals surface area contributed by atoms with E-state index in [1.54, 1.807) is 30.7 Å². The van der Waals surface area contributed by atoms with Crippen LogP contribution in [-0.2, 0) is 20.9 Å². The second kappa shape index (κ2) is 19.8. The lowest BCUT2D eigenvalue weighted by Gasteiger charge is -2.27. The van der Waals surface area contributed by atoms with E-state index in [1.165, 1.54) is 6.07 Å². The van der Waals surface area contributed by atoms with Crippen molar-refractivity contribution in [3.63, 3.8) is 0 Å². The number of hydrogen-bond donors (Lipinski definition) is 5. The molecule has 2 atom stereocenters. The first kappa shape index (κ1) is 43.3. The Morgan fingerprint density at radius 2 is 1.73 bits per heavy atom. The Balaban J connectivity index is 0.844. The van der Waals surface area contributed by atoms with Gasteiger partial charge in [0, 0.05) is 42.9 Å². The third-order valence-corrected chi connectivity index (χ3v) is 10.9. The largest absolute Gasteiger partial charge is 0.493 e. The highest BCUT2D eigenvalue weighted by atomic mass is 16.5. The van der Waals surface area contributed by atoms with E-state index >= 15 is 0 Å². The topological polar surface area (TPSA) is 223 Å². The number of unbranched alkanes of at least 4 members (excludes halogenated alkanes) is 4. The lowest BCUT2D eigenvalue weighted by Crippen LogP contribution is -2.54. The Morgan fingerprint density at radius 1 is 0.935 bits per heavy atom. The first-order valence-corrected chi connectivity index (χ1v) is 21.3. The predicted molar refractivity (Wildman–Crippen MR) is 232 cm³/mol. The number of imide groups is 2. The zero-order chi connectivity index (χ0) is 43.8. The summed E-state index contributed by atoms with van der Waals surface area (Å²) >= 11 is 0. The number of fused-ring (bicyclic) bond motifs is 2. The summed E-state index contributed by atoms with van der Waals surface area (Å²) in [4.78, 5) is 82.6. The van der Waals surface area contributed by atoms with Gasteiger partial charge in [0.15, 0.2) is 17.0 Å². The van der Waals surface area contributed by atoms with Crippen LogP contribution in [-0.4, -0.2) is 76.7 Å². The molecule has 7 rings (SSSR count). The first-order valence-electron chi connectivity index (χ1n) is 21.3. The predicted octanol–water partition coefficient (Wildman–Crippen LogP) is 6.75. The maximum absolute atomic E-state index is 13.3. The van der Waals surface area contributed by atoms with Crippen LogP contribution in [0.25, 0.3) is 11.2 Å².